The predicted molar refractivity (Wildman–Crippen MR) is 76.9 cm³/mol. The number of hydrogen-bond donors (Lipinski definition) is 1. The van der Waals surface area contributed by atoms with Gasteiger partial charge in [0.05, 0.1) is 0 Å². The zero-order valence-electron chi connectivity index (χ0n) is 12.0. The van der Waals surface area contributed by atoms with Crippen LogP contribution in [0.2, 0.25) is 0 Å². The van der Waals surface area contributed by atoms with Crippen molar-refractivity contribution in [3.63, 3.8) is 0 Å². The first-order valence-corrected chi connectivity index (χ1v) is 6.79. The fourth-order valence-electron chi connectivity index (χ4n) is 2.36. The summed E-state index contributed by atoms with van der Waals surface area (Å²) in [4.78, 5) is 18.6. The van der Waals surface area contributed by atoms with E-state index in [1.165, 1.54) is 5.56 Å². The van der Waals surface area contributed by atoms with Crippen molar-refractivity contribution in [1.82, 2.24) is 15.2 Å². The summed E-state index contributed by atoms with van der Waals surface area (Å²) in [6.45, 7) is 6.80. The second-order valence-corrected chi connectivity index (χ2v) is 6.09. The molecule has 0 bridgehead atoms. The highest BCUT2D eigenvalue weighted by molar-refractivity contribution is 6.04. The van der Waals surface area contributed by atoms with E-state index in [9.17, 15) is 4.79 Å². The number of nitrogens with one attached hydrogen (secondary N) is 1. The number of nitrogens with zero attached hydrogens (tertiary/aromatic N) is 3. The average molecular weight is 270 g/mol. The van der Waals surface area contributed by atoms with Gasteiger partial charge >= 0.3 is 0 Å². The lowest BCUT2D eigenvalue weighted by Gasteiger charge is -2.15. The maximum atomic E-state index is 12.5. The number of carbonyl (C=O) groups excluding carboxylic acids is 1. The van der Waals surface area contributed by atoms with Gasteiger partial charge in [-0.25, -0.2) is 4.98 Å². The topological polar surface area (TPSA) is 61.9 Å². The Bertz CT molecular complexity index is 654. The number of carbonyl (C=O) groups is 1. The molecule has 1 aliphatic heterocycles. The van der Waals surface area contributed by atoms with Crippen LogP contribution in [-0.2, 0) is 11.8 Å². The molecule has 0 atom stereocenters. The van der Waals surface area contributed by atoms with E-state index >= 15 is 0 Å². The Kier molecular flexibility index (Phi) is 2.85. The number of aromatic amines is 1. The van der Waals surface area contributed by atoms with Gasteiger partial charge in [0.2, 0.25) is 5.82 Å². The first-order chi connectivity index (χ1) is 9.47. The Labute approximate surface area is 118 Å². The zero-order chi connectivity index (χ0) is 14.3. The first kappa shape index (κ1) is 12.8. The van der Waals surface area contributed by atoms with Crippen molar-refractivity contribution in [3.8, 4) is 0 Å². The van der Waals surface area contributed by atoms with Crippen LogP contribution in [0, 0.1) is 0 Å². The number of amides is 1. The van der Waals surface area contributed by atoms with Crippen LogP contribution in [0.3, 0.4) is 0 Å². The number of aromatic nitrogens is 3. The van der Waals surface area contributed by atoms with Gasteiger partial charge in [-0.3, -0.25) is 9.89 Å². The summed E-state index contributed by atoms with van der Waals surface area (Å²) in [5, 5.41) is 6.94. The van der Waals surface area contributed by atoms with E-state index in [2.05, 4.69) is 21.2 Å². The van der Waals surface area contributed by atoms with Crippen LogP contribution in [0.4, 0.5) is 5.69 Å². The van der Waals surface area contributed by atoms with Crippen LogP contribution in [0.5, 0.6) is 0 Å². The Hall–Kier alpha value is -2.17. The summed E-state index contributed by atoms with van der Waals surface area (Å²) in [6, 6.07) is 7.97. The molecule has 0 spiro atoms. The molecule has 1 aromatic carbocycles. The van der Waals surface area contributed by atoms with Crippen LogP contribution in [0.25, 0.3) is 0 Å². The van der Waals surface area contributed by atoms with Crippen LogP contribution in [-0.4, -0.2) is 27.6 Å². The summed E-state index contributed by atoms with van der Waals surface area (Å²) in [5.74, 6) is 0.835. The molecule has 2 aromatic rings. The highest BCUT2D eigenvalue weighted by atomic mass is 16.2. The summed E-state index contributed by atoms with van der Waals surface area (Å²) in [6.07, 6.45) is 0.887. The van der Waals surface area contributed by atoms with Crippen LogP contribution >= 0.6 is 0 Å². The fourth-order valence-corrected chi connectivity index (χ4v) is 2.36. The third kappa shape index (κ3) is 2.09. The zero-order valence-corrected chi connectivity index (χ0v) is 12.0. The van der Waals surface area contributed by atoms with E-state index < -0.39 is 0 Å². The van der Waals surface area contributed by atoms with Gasteiger partial charge in [0, 0.05) is 17.6 Å². The van der Waals surface area contributed by atoms with E-state index in [0.717, 1.165) is 17.9 Å². The van der Waals surface area contributed by atoms with Crippen LogP contribution < -0.4 is 4.90 Å². The Morgan fingerprint density at radius 1 is 1.30 bits per heavy atom. The lowest BCUT2D eigenvalue weighted by Crippen LogP contribution is -2.30. The fraction of sp³-hybridized carbons (Fsp3) is 0.400. The lowest BCUT2D eigenvalue weighted by atomic mass is 9.96. The van der Waals surface area contributed by atoms with Crippen LogP contribution in [0.1, 0.15) is 42.8 Å². The first-order valence-electron chi connectivity index (χ1n) is 6.79. The van der Waals surface area contributed by atoms with Crippen molar-refractivity contribution >= 4 is 11.6 Å². The van der Waals surface area contributed by atoms with Gasteiger partial charge in [-0.2, -0.15) is 0 Å². The molecule has 0 aliphatic carbocycles. The molecule has 0 saturated heterocycles. The Morgan fingerprint density at radius 2 is 2.05 bits per heavy atom. The molecular formula is C15H18N4O. The third-order valence-electron chi connectivity index (χ3n) is 3.52. The van der Waals surface area contributed by atoms with Gasteiger partial charge in [-0.15, -0.1) is 5.10 Å². The molecular weight excluding hydrogens is 252 g/mol. The molecule has 2 heterocycles. The normalized spacial score (nSPS) is 14.4. The summed E-state index contributed by atoms with van der Waals surface area (Å²) in [5.41, 5.74) is 2.03. The van der Waals surface area contributed by atoms with Gasteiger partial charge in [0.1, 0.15) is 5.82 Å². The molecule has 0 radical (unpaired) electrons. The maximum Gasteiger partial charge on any atom is 0.297 e. The smallest absolute Gasteiger partial charge is 0.297 e. The molecule has 3 rings (SSSR count). The number of anilines is 1. The molecule has 5 heteroatoms. The number of fused-ring (bicyclic) bond motifs is 1. The summed E-state index contributed by atoms with van der Waals surface area (Å²) >= 11 is 0. The molecule has 20 heavy (non-hydrogen) atoms. The standard InChI is InChI=1S/C15H18N4O/c1-15(2,3)14-16-12(17-18-14)13(20)19-9-8-10-6-4-5-7-11(10)19/h4-7H,8-9H2,1-3H3,(H,16,17,18). The minimum atomic E-state index is -0.144. The number of H-pyrrole nitrogens is 1. The summed E-state index contributed by atoms with van der Waals surface area (Å²) < 4.78 is 0. The van der Waals surface area contributed by atoms with Crippen molar-refractivity contribution in [2.45, 2.75) is 32.6 Å². The number of benzene rings is 1. The molecule has 5 nitrogen and oxygen atoms in total. The minimum absolute atomic E-state index is 0.137. The van der Waals surface area contributed by atoms with Crippen molar-refractivity contribution in [1.29, 1.82) is 0 Å². The minimum Gasteiger partial charge on any atom is -0.305 e. The van der Waals surface area contributed by atoms with E-state index in [1.54, 1.807) is 4.90 Å². The predicted octanol–water partition coefficient (Wildman–Crippen LogP) is 2.31. The molecule has 1 amide bonds. The van der Waals surface area contributed by atoms with E-state index in [0.29, 0.717) is 6.54 Å². The molecule has 0 saturated carbocycles. The van der Waals surface area contributed by atoms with Gasteiger partial charge in [0.25, 0.3) is 5.91 Å². The van der Waals surface area contributed by atoms with E-state index in [1.807, 2.05) is 39.0 Å². The Morgan fingerprint density at radius 3 is 2.75 bits per heavy atom. The molecule has 1 aromatic heterocycles. The number of para-hydroxylation sites is 1. The quantitative estimate of drug-likeness (QED) is 0.865. The molecule has 1 aliphatic rings. The Balaban J connectivity index is 1.89. The maximum absolute atomic E-state index is 12.5. The van der Waals surface area contributed by atoms with Gasteiger partial charge < -0.3 is 4.90 Å². The SMILES string of the molecule is CC(C)(C)c1nc(C(=O)N2CCc3ccccc32)n[nH]1. The van der Waals surface area contributed by atoms with Crippen molar-refractivity contribution in [2.75, 3.05) is 11.4 Å². The van der Waals surface area contributed by atoms with Crippen molar-refractivity contribution in [3.05, 3.63) is 41.5 Å². The van der Waals surface area contributed by atoms with Gasteiger partial charge in [-0.1, -0.05) is 39.0 Å². The average Bonchev–Trinajstić information content (AvgIpc) is 3.04. The number of hydrogen-bond acceptors (Lipinski definition) is 3. The van der Waals surface area contributed by atoms with Crippen molar-refractivity contribution in [2.24, 2.45) is 0 Å². The van der Waals surface area contributed by atoms with Crippen molar-refractivity contribution < 1.29 is 4.79 Å². The third-order valence-corrected chi connectivity index (χ3v) is 3.52. The molecule has 0 unspecified atom stereocenters. The van der Waals surface area contributed by atoms with E-state index in [-0.39, 0.29) is 17.1 Å². The molecule has 1 N–H and O–H groups in total. The van der Waals surface area contributed by atoms with Crippen LogP contribution in [0.15, 0.2) is 24.3 Å². The lowest BCUT2D eigenvalue weighted by molar-refractivity contribution is 0.0979. The largest absolute Gasteiger partial charge is 0.305 e. The molecule has 0 fully saturated rings. The van der Waals surface area contributed by atoms with E-state index in [4.69, 9.17) is 0 Å². The highest BCUT2D eigenvalue weighted by Gasteiger charge is 2.29. The monoisotopic (exact) mass is 270 g/mol. The molecule has 104 valence electrons. The second-order valence-electron chi connectivity index (χ2n) is 6.09. The number of rotatable bonds is 1. The van der Waals surface area contributed by atoms with Gasteiger partial charge in [-0.05, 0) is 18.1 Å². The van der Waals surface area contributed by atoms with Gasteiger partial charge in [0.15, 0.2) is 0 Å². The highest BCUT2D eigenvalue weighted by Crippen LogP contribution is 2.28. The second kappa shape index (κ2) is 4.44. The summed E-state index contributed by atoms with van der Waals surface area (Å²) in [7, 11) is 0.